The summed E-state index contributed by atoms with van der Waals surface area (Å²) >= 11 is 1.32. The van der Waals surface area contributed by atoms with Crippen LogP contribution in [0.25, 0.3) is 0 Å². The van der Waals surface area contributed by atoms with E-state index in [2.05, 4.69) is 9.71 Å². The molecule has 20 heavy (non-hydrogen) atoms. The third-order valence-corrected chi connectivity index (χ3v) is 5.63. The lowest BCUT2D eigenvalue weighted by Crippen LogP contribution is -2.14. The molecule has 0 unspecified atom stereocenters. The third kappa shape index (κ3) is 2.64. The molecule has 1 heterocycles. The second kappa shape index (κ2) is 4.75. The van der Waals surface area contributed by atoms with E-state index in [0.29, 0.717) is 22.3 Å². The fraction of sp³-hybridized carbons (Fsp3) is 0.308. The van der Waals surface area contributed by atoms with Crippen LogP contribution < -0.4 is 10.5 Å². The Morgan fingerprint density at radius 2 is 2.15 bits per heavy atom. The molecule has 0 saturated heterocycles. The summed E-state index contributed by atoms with van der Waals surface area (Å²) in [6, 6.07) is 4.84. The number of nitrogens with two attached hydrogens (primary N) is 1. The topological polar surface area (TPSA) is 85.1 Å². The Kier molecular flexibility index (Phi) is 3.18. The summed E-state index contributed by atoms with van der Waals surface area (Å²) in [5.41, 5.74) is 7.73. The van der Waals surface area contributed by atoms with Crippen molar-refractivity contribution >= 4 is 32.2 Å². The normalized spacial score (nSPS) is 15.2. The predicted molar refractivity (Wildman–Crippen MR) is 80.5 cm³/mol. The number of sulfonamides is 1. The fourth-order valence-corrected chi connectivity index (χ4v) is 4.30. The van der Waals surface area contributed by atoms with Crippen LogP contribution in [-0.2, 0) is 10.0 Å². The monoisotopic (exact) mass is 309 g/mol. The highest BCUT2D eigenvalue weighted by Crippen LogP contribution is 2.41. The number of nitrogens with one attached hydrogen (secondary N) is 1. The first-order chi connectivity index (χ1) is 9.45. The summed E-state index contributed by atoms with van der Waals surface area (Å²) in [5.74, 6) is 0.513. The van der Waals surface area contributed by atoms with Gasteiger partial charge in [-0.3, -0.25) is 4.72 Å². The lowest BCUT2D eigenvalue weighted by atomic mass is 10.2. The van der Waals surface area contributed by atoms with Crippen LogP contribution in [0.5, 0.6) is 0 Å². The van der Waals surface area contributed by atoms with Crippen LogP contribution in [0.4, 0.5) is 10.8 Å². The summed E-state index contributed by atoms with van der Waals surface area (Å²) < 4.78 is 27.3. The van der Waals surface area contributed by atoms with E-state index in [1.807, 2.05) is 5.38 Å². The molecule has 1 aromatic carbocycles. The molecule has 0 amide bonds. The Bertz CT molecular complexity index is 749. The molecule has 3 N–H and O–H groups in total. The number of hydrogen-bond donors (Lipinski definition) is 2. The number of nitrogen functional groups attached to an aromatic ring is 1. The smallest absolute Gasteiger partial charge is 0.264 e. The van der Waals surface area contributed by atoms with Crippen LogP contribution in [0.2, 0.25) is 0 Å². The van der Waals surface area contributed by atoms with E-state index in [1.54, 1.807) is 19.1 Å². The third-order valence-electron chi connectivity index (χ3n) is 3.24. The predicted octanol–water partition coefficient (Wildman–Crippen LogP) is 2.71. The Morgan fingerprint density at radius 1 is 1.40 bits per heavy atom. The number of nitrogens with zero attached hydrogens (tertiary/aromatic N) is 1. The summed E-state index contributed by atoms with van der Waals surface area (Å²) in [7, 11) is -3.64. The van der Waals surface area contributed by atoms with Crippen LogP contribution in [-0.4, -0.2) is 13.4 Å². The zero-order chi connectivity index (χ0) is 14.3. The van der Waals surface area contributed by atoms with Gasteiger partial charge in [-0.1, -0.05) is 6.07 Å². The molecule has 106 valence electrons. The lowest BCUT2D eigenvalue weighted by Gasteiger charge is -2.08. The number of thiazole rings is 1. The summed E-state index contributed by atoms with van der Waals surface area (Å²) in [6.07, 6.45) is 2.29. The highest BCUT2D eigenvalue weighted by Gasteiger charge is 2.27. The van der Waals surface area contributed by atoms with Gasteiger partial charge in [0.25, 0.3) is 10.0 Å². The maximum Gasteiger partial charge on any atom is 0.264 e. The highest BCUT2D eigenvalue weighted by molar-refractivity contribution is 7.93. The van der Waals surface area contributed by atoms with Crippen molar-refractivity contribution in [1.82, 2.24) is 4.98 Å². The van der Waals surface area contributed by atoms with E-state index >= 15 is 0 Å². The first-order valence-corrected chi connectivity index (χ1v) is 8.66. The van der Waals surface area contributed by atoms with Gasteiger partial charge in [0, 0.05) is 17.0 Å². The van der Waals surface area contributed by atoms with Gasteiger partial charge in [0.1, 0.15) is 0 Å². The summed E-state index contributed by atoms with van der Waals surface area (Å²) in [5, 5.41) is 2.33. The molecule has 0 radical (unpaired) electrons. The van der Waals surface area contributed by atoms with E-state index in [0.717, 1.165) is 18.5 Å². The average molecular weight is 309 g/mol. The second-order valence-electron chi connectivity index (χ2n) is 4.98. The Balaban J connectivity index is 1.89. The van der Waals surface area contributed by atoms with Crippen LogP contribution in [0.15, 0.2) is 28.5 Å². The summed E-state index contributed by atoms with van der Waals surface area (Å²) in [4.78, 5) is 4.53. The number of benzene rings is 1. The number of anilines is 2. The maximum atomic E-state index is 12.4. The van der Waals surface area contributed by atoms with Gasteiger partial charge in [-0.2, -0.15) is 0 Å². The molecular formula is C13H15N3O2S2. The Labute approximate surface area is 121 Å². The van der Waals surface area contributed by atoms with Crippen molar-refractivity contribution in [3.63, 3.8) is 0 Å². The van der Waals surface area contributed by atoms with Gasteiger partial charge >= 0.3 is 0 Å². The second-order valence-corrected chi connectivity index (χ2v) is 7.49. The van der Waals surface area contributed by atoms with Crippen molar-refractivity contribution in [2.24, 2.45) is 0 Å². The molecule has 0 spiro atoms. The first kappa shape index (κ1) is 13.4. The van der Waals surface area contributed by atoms with Crippen molar-refractivity contribution in [1.29, 1.82) is 0 Å². The van der Waals surface area contributed by atoms with Gasteiger partial charge in [-0.15, -0.1) is 11.3 Å². The van der Waals surface area contributed by atoms with E-state index in [-0.39, 0.29) is 4.90 Å². The van der Waals surface area contributed by atoms with Crippen molar-refractivity contribution in [2.45, 2.75) is 30.6 Å². The number of aryl methyl sites for hydroxylation is 1. The highest BCUT2D eigenvalue weighted by atomic mass is 32.2. The molecule has 1 aliphatic carbocycles. The SMILES string of the molecule is Cc1ccc(N)cc1S(=O)(=O)Nc1nc(C2CC2)cs1. The van der Waals surface area contributed by atoms with Crippen molar-refractivity contribution in [3.8, 4) is 0 Å². The van der Waals surface area contributed by atoms with Gasteiger partial charge in [-0.25, -0.2) is 13.4 Å². The average Bonchev–Trinajstić information content (AvgIpc) is 3.13. The molecule has 1 saturated carbocycles. The molecule has 1 fully saturated rings. The molecule has 0 bridgehead atoms. The maximum absolute atomic E-state index is 12.4. The van der Waals surface area contributed by atoms with E-state index in [4.69, 9.17) is 5.73 Å². The van der Waals surface area contributed by atoms with Crippen molar-refractivity contribution in [3.05, 3.63) is 34.8 Å². The minimum absolute atomic E-state index is 0.195. The van der Waals surface area contributed by atoms with E-state index in [9.17, 15) is 8.42 Å². The molecule has 5 nitrogen and oxygen atoms in total. The van der Waals surface area contributed by atoms with Gasteiger partial charge in [0.2, 0.25) is 0 Å². The van der Waals surface area contributed by atoms with Crippen LogP contribution in [0.3, 0.4) is 0 Å². The molecule has 0 aliphatic heterocycles. The Hall–Kier alpha value is -1.60. The lowest BCUT2D eigenvalue weighted by molar-refractivity contribution is 0.600. The van der Waals surface area contributed by atoms with Crippen molar-refractivity contribution < 1.29 is 8.42 Å². The van der Waals surface area contributed by atoms with Crippen LogP contribution >= 0.6 is 11.3 Å². The van der Waals surface area contributed by atoms with Gasteiger partial charge < -0.3 is 5.73 Å². The molecule has 0 atom stereocenters. The fourth-order valence-electron chi connectivity index (χ4n) is 1.98. The minimum Gasteiger partial charge on any atom is -0.399 e. The Morgan fingerprint density at radius 3 is 2.85 bits per heavy atom. The zero-order valence-electron chi connectivity index (χ0n) is 11.0. The van der Waals surface area contributed by atoms with E-state index in [1.165, 1.54) is 17.4 Å². The van der Waals surface area contributed by atoms with Gasteiger partial charge in [0.05, 0.1) is 10.6 Å². The van der Waals surface area contributed by atoms with E-state index < -0.39 is 10.0 Å². The first-order valence-electron chi connectivity index (χ1n) is 6.30. The number of rotatable bonds is 4. The number of aromatic nitrogens is 1. The van der Waals surface area contributed by atoms with Gasteiger partial charge in [-0.05, 0) is 37.5 Å². The zero-order valence-corrected chi connectivity index (χ0v) is 12.6. The van der Waals surface area contributed by atoms with Crippen LogP contribution in [0, 0.1) is 6.92 Å². The quantitative estimate of drug-likeness (QED) is 0.850. The molecular weight excluding hydrogens is 294 g/mol. The molecule has 7 heteroatoms. The van der Waals surface area contributed by atoms with Crippen LogP contribution in [0.1, 0.15) is 30.0 Å². The molecule has 3 rings (SSSR count). The standard InChI is InChI=1S/C13H15N3O2S2/c1-8-2-5-10(14)6-12(8)20(17,18)16-13-15-11(7-19-13)9-3-4-9/h2,5-7,9H,3-4,14H2,1H3,(H,15,16). The van der Waals surface area contributed by atoms with Gasteiger partial charge in [0.15, 0.2) is 5.13 Å². The summed E-state index contributed by atoms with van der Waals surface area (Å²) in [6.45, 7) is 1.74. The molecule has 1 aromatic heterocycles. The minimum atomic E-state index is -3.64. The molecule has 1 aliphatic rings. The number of hydrogen-bond acceptors (Lipinski definition) is 5. The molecule has 2 aromatic rings. The van der Waals surface area contributed by atoms with Crippen molar-refractivity contribution in [2.75, 3.05) is 10.5 Å². The largest absolute Gasteiger partial charge is 0.399 e.